The highest BCUT2D eigenvalue weighted by atomic mass is 15.0. The van der Waals surface area contributed by atoms with Gasteiger partial charge in [0.2, 0.25) is 0 Å². The molecular formula is C16H22N2. The summed E-state index contributed by atoms with van der Waals surface area (Å²) in [4.78, 5) is 0. The van der Waals surface area contributed by atoms with Crippen molar-refractivity contribution in [2.45, 2.75) is 39.8 Å². The van der Waals surface area contributed by atoms with Gasteiger partial charge in [-0.2, -0.15) is 0 Å². The van der Waals surface area contributed by atoms with Crippen LogP contribution in [0.3, 0.4) is 0 Å². The fraction of sp³-hybridized carbons (Fsp3) is 0.375. The summed E-state index contributed by atoms with van der Waals surface area (Å²) in [6.45, 7) is 7.55. The van der Waals surface area contributed by atoms with Crippen molar-refractivity contribution >= 4 is 0 Å². The molecule has 2 nitrogen and oxygen atoms in total. The predicted octanol–water partition coefficient (Wildman–Crippen LogP) is 3.37. The monoisotopic (exact) mass is 242 g/mol. The van der Waals surface area contributed by atoms with Crippen LogP contribution in [-0.2, 0) is 13.0 Å². The topological polar surface area (TPSA) is 30.9 Å². The second kappa shape index (κ2) is 5.40. The fourth-order valence-electron chi connectivity index (χ4n) is 2.62. The number of hydrogen-bond donors (Lipinski definition) is 1. The zero-order valence-corrected chi connectivity index (χ0v) is 11.5. The van der Waals surface area contributed by atoms with Gasteiger partial charge in [-0.3, -0.25) is 0 Å². The van der Waals surface area contributed by atoms with E-state index in [-0.39, 0.29) is 6.04 Å². The van der Waals surface area contributed by atoms with Crippen LogP contribution in [0.4, 0.5) is 0 Å². The summed E-state index contributed by atoms with van der Waals surface area (Å²) in [5.74, 6) is 0. The molecule has 0 radical (unpaired) electrons. The van der Waals surface area contributed by atoms with Gasteiger partial charge in [-0.25, -0.2) is 0 Å². The first-order valence-electron chi connectivity index (χ1n) is 6.59. The number of aryl methyl sites for hydroxylation is 1. The maximum absolute atomic E-state index is 6.29. The number of rotatable bonds is 4. The van der Waals surface area contributed by atoms with Crippen molar-refractivity contribution < 1.29 is 0 Å². The molecule has 1 atom stereocenters. The van der Waals surface area contributed by atoms with Gasteiger partial charge in [0, 0.05) is 24.0 Å². The molecule has 0 aliphatic heterocycles. The minimum absolute atomic E-state index is 0.0806. The average molecular weight is 242 g/mol. The first kappa shape index (κ1) is 12.9. The van der Waals surface area contributed by atoms with Gasteiger partial charge >= 0.3 is 0 Å². The lowest BCUT2D eigenvalue weighted by Crippen LogP contribution is -2.13. The van der Waals surface area contributed by atoms with Crippen LogP contribution in [-0.4, -0.2) is 4.57 Å². The first-order valence-corrected chi connectivity index (χ1v) is 6.59. The summed E-state index contributed by atoms with van der Waals surface area (Å²) in [6.07, 6.45) is 0.906. The Kier molecular flexibility index (Phi) is 3.87. The van der Waals surface area contributed by atoms with Crippen LogP contribution >= 0.6 is 0 Å². The van der Waals surface area contributed by atoms with Gasteiger partial charge in [-0.05, 0) is 44.4 Å². The van der Waals surface area contributed by atoms with E-state index in [1.54, 1.807) is 0 Å². The zero-order valence-electron chi connectivity index (χ0n) is 11.5. The third-order valence-corrected chi connectivity index (χ3v) is 3.66. The van der Waals surface area contributed by atoms with E-state index in [0.29, 0.717) is 0 Å². The van der Waals surface area contributed by atoms with E-state index >= 15 is 0 Å². The lowest BCUT2D eigenvalue weighted by molar-refractivity contribution is 0.692. The summed E-state index contributed by atoms with van der Waals surface area (Å²) in [5.41, 5.74) is 11.5. The smallest absolute Gasteiger partial charge is 0.0336 e. The normalized spacial score (nSPS) is 12.7. The van der Waals surface area contributed by atoms with Crippen molar-refractivity contribution in [2.75, 3.05) is 0 Å². The molecule has 0 saturated heterocycles. The van der Waals surface area contributed by atoms with E-state index in [2.05, 4.69) is 43.5 Å². The minimum atomic E-state index is 0.0806. The predicted molar refractivity (Wildman–Crippen MR) is 76.7 cm³/mol. The van der Waals surface area contributed by atoms with Crippen LogP contribution in [0.1, 0.15) is 35.5 Å². The van der Waals surface area contributed by atoms with Crippen LogP contribution in [0.5, 0.6) is 0 Å². The van der Waals surface area contributed by atoms with Gasteiger partial charge in [0.25, 0.3) is 0 Å². The molecule has 18 heavy (non-hydrogen) atoms. The Labute approximate surface area is 109 Å². The van der Waals surface area contributed by atoms with E-state index < -0.39 is 0 Å². The van der Waals surface area contributed by atoms with Crippen molar-refractivity contribution in [2.24, 2.45) is 5.73 Å². The van der Waals surface area contributed by atoms with Crippen LogP contribution in [0.25, 0.3) is 0 Å². The number of nitrogens with two attached hydrogens (primary N) is 1. The molecule has 0 amide bonds. The molecule has 1 aromatic carbocycles. The molecular weight excluding hydrogens is 220 g/mol. The first-order chi connectivity index (χ1) is 8.63. The molecule has 2 N–H and O–H groups in total. The molecule has 2 aromatic rings. The largest absolute Gasteiger partial charge is 0.349 e. The Bertz CT molecular complexity index is 511. The summed E-state index contributed by atoms with van der Waals surface area (Å²) in [7, 11) is 0. The second-order valence-corrected chi connectivity index (χ2v) is 4.86. The maximum Gasteiger partial charge on any atom is 0.0336 e. The van der Waals surface area contributed by atoms with E-state index in [1.165, 1.54) is 22.5 Å². The molecule has 1 aromatic heterocycles. The molecule has 96 valence electrons. The van der Waals surface area contributed by atoms with Crippen molar-refractivity contribution in [1.29, 1.82) is 0 Å². The van der Waals surface area contributed by atoms with Crippen molar-refractivity contribution in [3.63, 3.8) is 0 Å². The number of hydrogen-bond acceptors (Lipinski definition) is 1. The number of aromatic nitrogens is 1. The molecule has 0 spiro atoms. The van der Waals surface area contributed by atoms with Gasteiger partial charge in [-0.1, -0.05) is 30.3 Å². The van der Waals surface area contributed by atoms with Gasteiger partial charge in [-0.15, -0.1) is 0 Å². The average Bonchev–Trinajstić information content (AvgIpc) is 2.65. The summed E-state index contributed by atoms with van der Waals surface area (Å²) < 4.78 is 2.34. The van der Waals surface area contributed by atoms with Crippen LogP contribution < -0.4 is 5.73 Å². The highest BCUT2D eigenvalue weighted by molar-refractivity contribution is 5.30. The Hall–Kier alpha value is -1.54. The quantitative estimate of drug-likeness (QED) is 0.875. The highest BCUT2D eigenvalue weighted by Crippen LogP contribution is 2.21. The Morgan fingerprint density at radius 2 is 1.83 bits per heavy atom. The second-order valence-electron chi connectivity index (χ2n) is 4.86. The van der Waals surface area contributed by atoms with Crippen LogP contribution in [0.2, 0.25) is 0 Å². The maximum atomic E-state index is 6.29. The SMILES string of the molecule is CCn1c(C)cc(CC(N)c2ccccc2)c1C. The third kappa shape index (κ3) is 2.49. The van der Waals surface area contributed by atoms with Gasteiger partial charge < -0.3 is 10.3 Å². The molecule has 0 fully saturated rings. The van der Waals surface area contributed by atoms with E-state index in [0.717, 1.165) is 13.0 Å². The highest BCUT2D eigenvalue weighted by Gasteiger charge is 2.12. The van der Waals surface area contributed by atoms with Gasteiger partial charge in [0.1, 0.15) is 0 Å². The van der Waals surface area contributed by atoms with E-state index in [4.69, 9.17) is 5.73 Å². The Balaban J connectivity index is 2.20. The molecule has 2 rings (SSSR count). The summed E-state index contributed by atoms with van der Waals surface area (Å²) >= 11 is 0. The van der Waals surface area contributed by atoms with E-state index in [9.17, 15) is 0 Å². The standard InChI is InChI=1S/C16H22N2/c1-4-18-12(2)10-15(13(18)3)11-16(17)14-8-6-5-7-9-14/h5-10,16H,4,11,17H2,1-3H3. The molecule has 2 heteroatoms. The van der Waals surface area contributed by atoms with Gasteiger partial charge in [0.15, 0.2) is 0 Å². The number of benzene rings is 1. The van der Waals surface area contributed by atoms with Crippen LogP contribution in [0.15, 0.2) is 36.4 Å². The lowest BCUT2D eigenvalue weighted by atomic mass is 10.00. The summed E-state index contributed by atoms with van der Waals surface area (Å²) in [6, 6.07) is 12.7. The van der Waals surface area contributed by atoms with Crippen LogP contribution in [0, 0.1) is 13.8 Å². The molecule has 1 unspecified atom stereocenters. The van der Waals surface area contributed by atoms with Crippen molar-refractivity contribution in [3.05, 3.63) is 58.9 Å². The van der Waals surface area contributed by atoms with E-state index in [1.807, 2.05) is 18.2 Å². The Morgan fingerprint density at radius 3 is 2.39 bits per heavy atom. The minimum Gasteiger partial charge on any atom is -0.349 e. The molecule has 0 bridgehead atoms. The molecule has 0 aliphatic rings. The fourth-order valence-corrected chi connectivity index (χ4v) is 2.62. The van der Waals surface area contributed by atoms with Crippen molar-refractivity contribution in [3.8, 4) is 0 Å². The third-order valence-electron chi connectivity index (χ3n) is 3.66. The Morgan fingerprint density at radius 1 is 1.17 bits per heavy atom. The zero-order chi connectivity index (χ0) is 13.1. The lowest BCUT2D eigenvalue weighted by Gasteiger charge is -2.12. The molecule has 0 saturated carbocycles. The summed E-state index contributed by atoms with van der Waals surface area (Å²) in [5, 5.41) is 0. The van der Waals surface area contributed by atoms with Gasteiger partial charge in [0.05, 0.1) is 0 Å². The van der Waals surface area contributed by atoms with Crippen molar-refractivity contribution in [1.82, 2.24) is 4.57 Å². The molecule has 0 aliphatic carbocycles. The molecule has 1 heterocycles. The number of nitrogens with zero attached hydrogens (tertiary/aromatic N) is 1.